The zero-order valence-electron chi connectivity index (χ0n) is 16.8. The van der Waals surface area contributed by atoms with Gasteiger partial charge in [-0.3, -0.25) is 9.69 Å². The van der Waals surface area contributed by atoms with E-state index in [1.54, 1.807) is 4.90 Å². The van der Waals surface area contributed by atoms with Crippen LogP contribution in [0.15, 0.2) is 28.7 Å². The van der Waals surface area contributed by atoms with Gasteiger partial charge in [0, 0.05) is 30.1 Å². The summed E-state index contributed by atoms with van der Waals surface area (Å²) in [4.78, 5) is 27.5. The predicted molar refractivity (Wildman–Crippen MR) is 107 cm³/mol. The Labute approximate surface area is 165 Å². The third-order valence-electron chi connectivity index (χ3n) is 5.63. The van der Waals surface area contributed by atoms with Crippen LogP contribution in [0, 0.1) is 6.92 Å². The number of carboxylic acids is 1. The normalized spacial score (nSPS) is 16.5. The van der Waals surface area contributed by atoms with Crippen LogP contribution in [-0.2, 0) is 4.79 Å². The molecule has 1 aliphatic rings. The van der Waals surface area contributed by atoms with Crippen molar-refractivity contribution in [1.29, 1.82) is 0 Å². The highest BCUT2D eigenvalue weighted by Crippen LogP contribution is 2.29. The monoisotopic (exact) mass is 387 g/mol. The lowest BCUT2D eigenvalue weighted by molar-refractivity contribution is -0.139. The van der Waals surface area contributed by atoms with Gasteiger partial charge < -0.3 is 19.7 Å². The van der Waals surface area contributed by atoms with E-state index in [0.717, 1.165) is 35.1 Å². The van der Waals surface area contributed by atoms with E-state index in [4.69, 9.17) is 9.52 Å². The van der Waals surface area contributed by atoms with Gasteiger partial charge in [-0.25, -0.2) is 4.79 Å². The Kier molecular flexibility index (Phi) is 6.24. The number of hydrogen-bond acceptors (Lipinski definition) is 4. The number of likely N-dealkylation sites (tertiary alicyclic amines) is 1. The highest BCUT2D eigenvalue weighted by molar-refractivity contribution is 5.82. The van der Waals surface area contributed by atoms with Crippen molar-refractivity contribution in [2.24, 2.45) is 0 Å². The average Bonchev–Trinajstić information content (AvgIpc) is 3.03. The maximum atomic E-state index is 12.7. The van der Waals surface area contributed by atoms with E-state index >= 15 is 0 Å². The number of hydrogen-bond donors (Lipinski definition) is 2. The molecular weight excluding hydrogens is 358 g/mol. The molecule has 2 aromatic rings. The number of carbonyl (C=O) groups is 2. The van der Waals surface area contributed by atoms with Crippen LogP contribution < -0.4 is 5.32 Å². The van der Waals surface area contributed by atoms with Crippen molar-refractivity contribution < 1.29 is 19.1 Å². The molecule has 3 rings (SSSR count). The number of aliphatic carboxylic acids is 1. The Bertz CT molecular complexity index is 839. The molecule has 1 saturated heterocycles. The van der Waals surface area contributed by atoms with E-state index in [9.17, 15) is 9.59 Å². The number of aryl methyl sites for hydroxylation is 1. The van der Waals surface area contributed by atoms with Crippen LogP contribution in [0.2, 0.25) is 0 Å². The second-order valence-electron chi connectivity index (χ2n) is 7.43. The maximum Gasteiger partial charge on any atom is 0.317 e. The number of para-hydroxylation sites is 1. The minimum atomic E-state index is -0.808. The fraction of sp³-hybridized carbons (Fsp3) is 0.524. The van der Waals surface area contributed by atoms with Crippen LogP contribution in [0.25, 0.3) is 11.0 Å². The number of carbonyl (C=O) groups excluding carboxylic acids is 1. The molecule has 2 N–H and O–H groups in total. The first-order valence-corrected chi connectivity index (χ1v) is 9.90. The van der Waals surface area contributed by atoms with E-state index in [1.165, 1.54) is 0 Å². The van der Waals surface area contributed by atoms with Crippen LogP contribution >= 0.6 is 0 Å². The zero-order chi connectivity index (χ0) is 20.3. The van der Waals surface area contributed by atoms with Crippen molar-refractivity contribution in [1.82, 2.24) is 15.1 Å². The summed E-state index contributed by atoms with van der Waals surface area (Å²) < 4.78 is 5.95. The van der Waals surface area contributed by atoms with Gasteiger partial charge in [0.2, 0.25) is 0 Å². The Morgan fingerprint density at radius 1 is 1.32 bits per heavy atom. The number of amides is 2. The molecule has 2 amide bonds. The van der Waals surface area contributed by atoms with Crippen LogP contribution in [0.4, 0.5) is 4.79 Å². The average molecular weight is 387 g/mol. The minimum absolute atomic E-state index is 0.0513. The predicted octanol–water partition coefficient (Wildman–Crippen LogP) is 3.38. The van der Waals surface area contributed by atoms with E-state index in [-0.39, 0.29) is 24.7 Å². The molecule has 0 spiro atoms. The fourth-order valence-corrected chi connectivity index (χ4v) is 4.06. The standard InChI is InChI=1S/C21H29N3O4/c1-4-23(13-19(25)26)16-9-11-24(12-10-16)21(27)22-15(3)20-14(2)17-7-5-6-8-18(17)28-20/h5-8,15-16H,4,9-13H2,1-3H3,(H,22,27)(H,25,26)/t15-/m1/s1. The van der Waals surface area contributed by atoms with Crippen molar-refractivity contribution in [2.75, 3.05) is 26.2 Å². The van der Waals surface area contributed by atoms with E-state index in [2.05, 4.69) is 5.32 Å². The van der Waals surface area contributed by atoms with Gasteiger partial charge in [-0.15, -0.1) is 0 Å². The molecule has 1 aliphatic heterocycles. The first-order valence-electron chi connectivity index (χ1n) is 9.90. The summed E-state index contributed by atoms with van der Waals surface area (Å²) in [5, 5.41) is 13.2. The maximum absolute atomic E-state index is 12.7. The van der Waals surface area contributed by atoms with E-state index < -0.39 is 5.97 Å². The summed E-state index contributed by atoms with van der Waals surface area (Å²) in [7, 11) is 0. The number of fused-ring (bicyclic) bond motifs is 1. The number of rotatable bonds is 6. The Morgan fingerprint density at radius 3 is 2.61 bits per heavy atom. The molecule has 0 unspecified atom stereocenters. The fourth-order valence-electron chi connectivity index (χ4n) is 4.06. The van der Waals surface area contributed by atoms with Crippen molar-refractivity contribution >= 4 is 23.0 Å². The summed E-state index contributed by atoms with van der Waals surface area (Å²) >= 11 is 0. The van der Waals surface area contributed by atoms with Gasteiger partial charge in [-0.05, 0) is 39.3 Å². The Balaban J connectivity index is 1.58. The molecule has 28 heavy (non-hydrogen) atoms. The summed E-state index contributed by atoms with van der Waals surface area (Å²) in [6, 6.07) is 7.75. The van der Waals surface area contributed by atoms with Crippen LogP contribution in [0.3, 0.4) is 0 Å². The van der Waals surface area contributed by atoms with Crippen molar-refractivity contribution in [2.45, 2.75) is 45.7 Å². The molecule has 7 nitrogen and oxygen atoms in total. The second-order valence-corrected chi connectivity index (χ2v) is 7.43. The highest BCUT2D eigenvalue weighted by Gasteiger charge is 2.28. The van der Waals surface area contributed by atoms with Gasteiger partial charge in [0.25, 0.3) is 0 Å². The topological polar surface area (TPSA) is 86.0 Å². The summed E-state index contributed by atoms with van der Waals surface area (Å²) in [6.07, 6.45) is 1.57. The quantitative estimate of drug-likeness (QED) is 0.794. The molecule has 0 aliphatic carbocycles. The lowest BCUT2D eigenvalue weighted by atomic mass is 10.0. The third-order valence-corrected chi connectivity index (χ3v) is 5.63. The van der Waals surface area contributed by atoms with E-state index in [0.29, 0.717) is 19.6 Å². The largest absolute Gasteiger partial charge is 0.480 e. The molecule has 2 heterocycles. The van der Waals surface area contributed by atoms with E-state index in [1.807, 2.05) is 49.9 Å². The molecule has 0 bridgehead atoms. The van der Waals surface area contributed by atoms with Gasteiger partial charge in [-0.1, -0.05) is 25.1 Å². The first-order chi connectivity index (χ1) is 13.4. The highest BCUT2D eigenvalue weighted by atomic mass is 16.4. The van der Waals surface area contributed by atoms with Gasteiger partial charge in [0.05, 0.1) is 12.6 Å². The smallest absolute Gasteiger partial charge is 0.317 e. The van der Waals surface area contributed by atoms with Gasteiger partial charge in [-0.2, -0.15) is 0 Å². The lowest BCUT2D eigenvalue weighted by Gasteiger charge is -2.37. The van der Waals surface area contributed by atoms with Crippen LogP contribution in [0.1, 0.15) is 44.1 Å². The number of nitrogens with one attached hydrogen (secondary N) is 1. The first kappa shape index (κ1) is 20.2. The molecule has 1 fully saturated rings. The molecular formula is C21H29N3O4. The third kappa shape index (κ3) is 4.30. The molecule has 1 aromatic carbocycles. The number of urea groups is 1. The molecule has 0 saturated carbocycles. The number of nitrogens with zero attached hydrogens (tertiary/aromatic N) is 2. The van der Waals surface area contributed by atoms with Crippen LogP contribution in [0.5, 0.6) is 0 Å². The molecule has 0 radical (unpaired) electrons. The minimum Gasteiger partial charge on any atom is -0.480 e. The summed E-state index contributed by atoms with van der Waals surface area (Å²) in [6.45, 7) is 7.91. The number of likely N-dealkylation sites (N-methyl/N-ethyl adjacent to an activating group) is 1. The number of piperidine rings is 1. The Morgan fingerprint density at radius 2 is 2.00 bits per heavy atom. The summed E-state index contributed by atoms with van der Waals surface area (Å²) in [5.74, 6) is -0.0277. The zero-order valence-corrected chi connectivity index (χ0v) is 16.8. The van der Waals surface area contributed by atoms with Gasteiger partial charge in [0.1, 0.15) is 11.3 Å². The van der Waals surface area contributed by atoms with Gasteiger partial charge in [0.15, 0.2) is 0 Å². The van der Waals surface area contributed by atoms with Gasteiger partial charge >= 0.3 is 12.0 Å². The molecule has 1 atom stereocenters. The Hall–Kier alpha value is -2.54. The molecule has 152 valence electrons. The molecule has 1 aromatic heterocycles. The van der Waals surface area contributed by atoms with Crippen molar-refractivity contribution in [3.63, 3.8) is 0 Å². The number of furan rings is 1. The lowest BCUT2D eigenvalue weighted by Crippen LogP contribution is -2.50. The SMILES string of the molecule is CCN(CC(=O)O)C1CCN(C(=O)N[C@H](C)c2oc3ccccc3c2C)CC1. The van der Waals surface area contributed by atoms with Crippen molar-refractivity contribution in [3.05, 3.63) is 35.6 Å². The van der Waals surface area contributed by atoms with Crippen LogP contribution in [-0.4, -0.2) is 59.1 Å². The number of carboxylic acid groups (broad SMARTS) is 1. The number of benzene rings is 1. The summed E-state index contributed by atoms with van der Waals surface area (Å²) in [5.41, 5.74) is 1.88. The second kappa shape index (κ2) is 8.65. The molecule has 7 heteroatoms. The van der Waals surface area contributed by atoms with Crippen molar-refractivity contribution in [3.8, 4) is 0 Å².